The smallest absolute Gasteiger partial charge is 0.332 e. The van der Waals surface area contributed by atoms with Crippen LogP contribution in [0.5, 0.6) is 0 Å². The van der Waals surface area contributed by atoms with E-state index in [1.165, 1.54) is 29.2 Å². The topological polar surface area (TPSA) is 63.1 Å². The Hall–Kier alpha value is -3.34. The molecule has 1 aliphatic rings. The van der Waals surface area contributed by atoms with Gasteiger partial charge in [0.2, 0.25) is 11.7 Å². The van der Waals surface area contributed by atoms with Gasteiger partial charge in [0.25, 0.3) is 0 Å². The van der Waals surface area contributed by atoms with E-state index in [-0.39, 0.29) is 37.9 Å². The van der Waals surface area contributed by atoms with E-state index in [2.05, 4.69) is 15.5 Å². The average Bonchev–Trinajstić information content (AvgIpc) is 3.20. The third-order valence-electron chi connectivity index (χ3n) is 5.22. The Morgan fingerprint density at radius 1 is 0.938 bits per heavy atom. The fraction of sp³-hybridized carbons (Fsp3) is 0.286. The SMILES string of the molecule is O=C(CNC(c1ccc(F)cc1)c1ccc(F)cc1)N1CCn2c(nnc2C(F)(F)F)C1. The van der Waals surface area contributed by atoms with E-state index in [0.29, 0.717) is 11.1 Å². The van der Waals surface area contributed by atoms with Gasteiger partial charge in [-0.15, -0.1) is 10.2 Å². The van der Waals surface area contributed by atoms with Crippen LogP contribution in [0.2, 0.25) is 0 Å². The first-order valence-corrected chi connectivity index (χ1v) is 9.74. The monoisotopic (exact) mass is 451 g/mol. The molecule has 0 saturated carbocycles. The zero-order valence-electron chi connectivity index (χ0n) is 16.6. The van der Waals surface area contributed by atoms with Crippen LogP contribution < -0.4 is 5.32 Å². The van der Waals surface area contributed by atoms with Gasteiger partial charge < -0.3 is 9.47 Å². The second-order valence-corrected chi connectivity index (χ2v) is 7.32. The molecular formula is C21H18F5N5O. The summed E-state index contributed by atoms with van der Waals surface area (Å²) in [5, 5.41) is 9.86. The fourth-order valence-electron chi connectivity index (χ4n) is 3.62. The molecule has 0 spiro atoms. The Morgan fingerprint density at radius 3 is 2.03 bits per heavy atom. The van der Waals surface area contributed by atoms with Gasteiger partial charge in [-0.3, -0.25) is 10.1 Å². The van der Waals surface area contributed by atoms with E-state index < -0.39 is 29.7 Å². The molecule has 0 unspecified atom stereocenters. The minimum Gasteiger partial charge on any atom is -0.332 e. The normalized spacial score (nSPS) is 14.0. The summed E-state index contributed by atoms with van der Waals surface area (Å²) in [4.78, 5) is 14.1. The van der Waals surface area contributed by atoms with Crippen LogP contribution in [0.15, 0.2) is 48.5 Å². The van der Waals surface area contributed by atoms with Crippen molar-refractivity contribution in [1.29, 1.82) is 0 Å². The molecule has 0 fully saturated rings. The van der Waals surface area contributed by atoms with Gasteiger partial charge in [-0.25, -0.2) is 8.78 Å². The van der Waals surface area contributed by atoms with E-state index in [1.54, 1.807) is 24.3 Å². The maximum atomic E-state index is 13.3. The first kappa shape index (κ1) is 21.9. The second-order valence-electron chi connectivity index (χ2n) is 7.32. The van der Waals surface area contributed by atoms with Gasteiger partial charge in [-0.05, 0) is 35.4 Å². The molecule has 0 radical (unpaired) electrons. The van der Waals surface area contributed by atoms with Gasteiger partial charge in [0, 0.05) is 13.1 Å². The van der Waals surface area contributed by atoms with Gasteiger partial charge in [0.15, 0.2) is 5.82 Å². The molecule has 3 aromatic rings. The summed E-state index contributed by atoms with van der Waals surface area (Å²) in [7, 11) is 0. The van der Waals surface area contributed by atoms with Crippen LogP contribution in [0, 0.1) is 11.6 Å². The maximum Gasteiger partial charge on any atom is 0.451 e. The number of fused-ring (bicyclic) bond motifs is 1. The minimum atomic E-state index is -4.61. The highest BCUT2D eigenvalue weighted by molar-refractivity contribution is 5.78. The number of rotatable bonds is 5. The molecule has 6 nitrogen and oxygen atoms in total. The molecule has 11 heteroatoms. The molecule has 0 saturated heterocycles. The van der Waals surface area contributed by atoms with Crippen molar-refractivity contribution in [2.45, 2.75) is 25.3 Å². The molecule has 0 bridgehead atoms. The third-order valence-corrected chi connectivity index (χ3v) is 5.22. The number of carbonyl (C=O) groups excluding carboxylic acids is 1. The zero-order chi connectivity index (χ0) is 22.9. The molecule has 2 aromatic carbocycles. The Labute approximate surface area is 179 Å². The predicted octanol–water partition coefficient (Wildman–Crippen LogP) is 3.30. The van der Waals surface area contributed by atoms with Gasteiger partial charge in [-0.2, -0.15) is 13.2 Å². The Kier molecular flexibility index (Phi) is 5.92. The predicted molar refractivity (Wildman–Crippen MR) is 103 cm³/mol. The third kappa shape index (κ3) is 4.62. The lowest BCUT2D eigenvalue weighted by molar-refractivity contribution is -0.148. The number of halogens is 5. The van der Waals surface area contributed by atoms with Crippen molar-refractivity contribution in [1.82, 2.24) is 25.0 Å². The summed E-state index contributed by atoms with van der Waals surface area (Å²) < 4.78 is 66.6. The van der Waals surface area contributed by atoms with Gasteiger partial charge in [0.1, 0.15) is 11.6 Å². The first-order valence-electron chi connectivity index (χ1n) is 9.74. The lowest BCUT2D eigenvalue weighted by Gasteiger charge is -2.29. The largest absolute Gasteiger partial charge is 0.451 e. The Morgan fingerprint density at radius 2 is 1.50 bits per heavy atom. The standard InChI is InChI=1S/C21H18F5N5O/c22-15-5-1-13(2-6-15)19(14-3-7-16(23)8-4-14)27-11-18(32)30-9-10-31-17(12-30)28-29-20(31)21(24,25)26/h1-8,19,27H,9-12H2. The summed E-state index contributed by atoms with van der Waals surface area (Å²) in [6.07, 6.45) is -4.61. The highest BCUT2D eigenvalue weighted by Crippen LogP contribution is 2.29. The second kappa shape index (κ2) is 8.65. The van der Waals surface area contributed by atoms with Gasteiger partial charge in [0.05, 0.1) is 19.1 Å². The van der Waals surface area contributed by atoms with E-state index in [1.807, 2.05) is 0 Å². The highest BCUT2D eigenvalue weighted by Gasteiger charge is 2.39. The van der Waals surface area contributed by atoms with Gasteiger partial charge in [-0.1, -0.05) is 24.3 Å². The molecule has 1 aliphatic heterocycles. The molecule has 168 valence electrons. The van der Waals surface area contributed by atoms with Crippen molar-refractivity contribution < 1.29 is 26.7 Å². The first-order chi connectivity index (χ1) is 15.2. The van der Waals surface area contributed by atoms with Crippen LogP contribution in [0.4, 0.5) is 22.0 Å². The summed E-state index contributed by atoms with van der Waals surface area (Å²) in [5.74, 6) is -2.20. The summed E-state index contributed by atoms with van der Waals surface area (Å²) in [6, 6.07) is 10.8. The number of carbonyl (C=O) groups is 1. The zero-order valence-corrected chi connectivity index (χ0v) is 16.6. The van der Waals surface area contributed by atoms with Crippen LogP contribution in [0.25, 0.3) is 0 Å². The minimum absolute atomic E-state index is 0.0607. The van der Waals surface area contributed by atoms with E-state index >= 15 is 0 Å². The molecule has 2 heterocycles. The molecule has 1 amide bonds. The number of alkyl halides is 3. The summed E-state index contributed by atoms with van der Waals surface area (Å²) in [6.45, 7) is -0.226. The number of nitrogens with zero attached hydrogens (tertiary/aromatic N) is 4. The lowest BCUT2D eigenvalue weighted by Crippen LogP contribution is -2.44. The van der Waals surface area contributed by atoms with Crippen molar-refractivity contribution in [2.24, 2.45) is 0 Å². The van der Waals surface area contributed by atoms with Crippen molar-refractivity contribution in [3.8, 4) is 0 Å². The van der Waals surface area contributed by atoms with Crippen molar-refractivity contribution in [2.75, 3.05) is 13.1 Å². The van der Waals surface area contributed by atoms with Crippen molar-refractivity contribution in [3.05, 3.63) is 82.9 Å². The van der Waals surface area contributed by atoms with Crippen LogP contribution in [-0.2, 0) is 24.1 Å². The van der Waals surface area contributed by atoms with E-state index in [0.717, 1.165) is 4.57 Å². The van der Waals surface area contributed by atoms with Crippen LogP contribution in [0.1, 0.15) is 28.8 Å². The van der Waals surface area contributed by atoms with Crippen LogP contribution in [-0.4, -0.2) is 38.7 Å². The van der Waals surface area contributed by atoms with Crippen LogP contribution >= 0.6 is 0 Å². The number of hydrogen-bond donors (Lipinski definition) is 1. The maximum absolute atomic E-state index is 13.3. The van der Waals surface area contributed by atoms with E-state index in [9.17, 15) is 26.7 Å². The van der Waals surface area contributed by atoms with Crippen LogP contribution in [0.3, 0.4) is 0 Å². The molecule has 4 rings (SSSR count). The Balaban J connectivity index is 1.47. The number of hydrogen-bond acceptors (Lipinski definition) is 4. The Bertz CT molecular complexity index is 1050. The molecule has 32 heavy (non-hydrogen) atoms. The molecule has 0 aliphatic carbocycles. The number of aromatic nitrogens is 3. The molecule has 1 aromatic heterocycles. The molecule has 0 atom stereocenters. The highest BCUT2D eigenvalue weighted by atomic mass is 19.4. The molecule has 1 N–H and O–H groups in total. The quantitative estimate of drug-likeness (QED) is 0.605. The molecular weight excluding hydrogens is 433 g/mol. The number of amides is 1. The number of nitrogens with one attached hydrogen (secondary N) is 1. The van der Waals surface area contributed by atoms with Gasteiger partial charge >= 0.3 is 6.18 Å². The summed E-state index contributed by atoms with van der Waals surface area (Å²) >= 11 is 0. The van der Waals surface area contributed by atoms with E-state index in [4.69, 9.17) is 0 Å². The number of benzene rings is 2. The fourth-order valence-corrected chi connectivity index (χ4v) is 3.62. The van der Waals surface area contributed by atoms with Crippen molar-refractivity contribution >= 4 is 5.91 Å². The average molecular weight is 451 g/mol. The summed E-state index contributed by atoms with van der Waals surface area (Å²) in [5.41, 5.74) is 1.33. The van der Waals surface area contributed by atoms with Crippen molar-refractivity contribution in [3.63, 3.8) is 0 Å². The lowest BCUT2D eigenvalue weighted by atomic mass is 9.98.